The van der Waals surface area contributed by atoms with Crippen molar-refractivity contribution in [2.24, 2.45) is 4.99 Å². The van der Waals surface area contributed by atoms with Crippen LogP contribution in [0.5, 0.6) is 11.6 Å². The molecular weight excluding hydrogens is 411 g/mol. The predicted octanol–water partition coefficient (Wildman–Crippen LogP) is 2.98. The summed E-state index contributed by atoms with van der Waals surface area (Å²) in [5.74, 6) is 1.33. The third-order valence-corrected chi connectivity index (χ3v) is 4.85. The molecule has 10 heteroatoms. The smallest absolute Gasteiger partial charge is 0.422 e. The Hall–Kier alpha value is -3.17. The summed E-state index contributed by atoms with van der Waals surface area (Å²) in [7, 11) is 3.30. The van der Waals surface area contributed by atoms with Crippen LogP contribution in [0.25, 0.3) is 0 Å². The number of ether oxygens (including phenoxy) is 2. The predicted molar refractivity (Wildman–Crippen MR) is 113 cm³/mol. The van der Waals surface area contributed by atoms with Crippen LogP contribution in [0.2, 0.25) is 0 Å². The molecule has 0 saturated carbocycles. The molecule has 1 aromatic carbocycles. The van der Waals surface area contributed by atoms with Crippen LogP contribution in [0.1, 0.15) is 12.0 Å². The molecule has 1 fully saturated rings. The minimum Gasteiger partial charge on any atom is -0.495 e. The van der Waals surface area contributed by atoms with Gasteiger partial charge in [-0.05, 0) is 24.6 Å². The number of alkyl halides is 3. The molecule has 0 aliphatic carbocycles. The van der Waals surface area contributed by atoms with Gasteiger partial charge in [-0.3, -0.25) is 4.99 Å². The second kappa shape index (κ2) is 10.2. The summed E-state index contributed by atoms with van der Waals surface area (Å²) < 4.78 is 47.7. The van der Waals surface area contributed by atoms with Crippen molar-refractivity contribution in [2.45, 2.75) is 25.2 Å². The van der Waals surface area contributed by atoms with Crippen molar-refractivity contribution < 1.29 is 22.6 Å². The van der Waals surface area contributed by atoms with Crippen molar-refractivity contribution in [1.82, 2.24) is 15.6 Å². The average molecular weight is 437 g/mol. The molecular formula is C21H26F3N5O2. The normalized spacial score (nSPS) is 16.9. The number of rotatable bonds is 7. The van der Waals surface area contributed by atoms with Gasteiger partial charge in [0.2, 0.25) is 5.88 Å². The van der Waals surface area contributed by atoms with Crippen LogP contribution in [-0.2, 0) is 6.54 Å². The highest BCUT2D eigenvalue weighted by molar-refractivity contribution is 5.80. The summed E-state index contributed by atoms with van der Waals surface area (Å²) in [4.78, 5) is 10.4. The van der Waals surface area contributed by atoms with Crippen molar-refractivity contribution in [1.29, 1.82) is 0 Å². The number of guanidine groups is 1. The lowest BCUT2D eigenvalue weighted by Crippen LogP contribution is -2.44. The van der Waals surface area contributed by atoms with E-state index in [0.717, 1.165) is 30.9 Å². The number of hydrogen-bond donors (Lipinski definition) is 2. The molecule has 2 aromatic rings. The molecule has 1 saturated heterocycles. The minimum absolute atomic E-state index is 0.0500. The first-order valence-electron chi connectivity index (χ1n) is 9.88. The van der Waals surface area contributed by atoms with Crippen molar-refractivity contribution in [3.63, 3.8) is 0 Å². The van der Waals surface area contributed by atoms with Crippen LogP contribution in [0.15, 0.2) is 47.6 Å². The average Bonchev–Trinajstić information content (AvgIpc) is 3.23. The van der Waals surface area contributed by atoms with Gasteiger partial charge >= 0.3 is 6.18 Å². The minimum atomic E-state index is -4.42. The van der Waals surface area contributed by atoms with Gasteiger partial charge < -0.3 is 25.0 Å². The number of anilines is 1. The Morgan fingerprint density at radius 1 is 1.26 bits per heavy atom. The maximum atomic E-state index is 12.5. The second-order valence-electron chi connectivity index (χ2n) is 7.05. The standard InChI is InChI=1S/C21H26F3N5O2/c1-25-20(27-12-15-6-5-10-26-19(15)31-14-21(22,23)24)28-16-9-11-29(13-16)17-7-3-4-8-18(17)30-2/h3-8,10,16H,9,11-14H2,1-2H3,(H2,25,27,28). The fourth-order valence-corrected chi connectivity index (χ4v) is 3.39. The second-order valence-corrected chi connectivity index (χ2v) is 7.05. The van der Waals surface area contributed by atoms with E-state index in [4.69, 9.17) is 9.47 Å². The zero-order valence-corrected chi connectivity index (χ0v) is 17.4. The molecule has 1 aromatic heterocycles. The van der Waals surface area contributed by atoms with E-state index < -0.39 is 12.8 Å². The van der Waals surface area contributed by atoms with E-state index in [1.165, 1.54) is 6.20 Å². The fourth-order valence-electron chi connectivity index (χ4n) is 3.39. The first-order valence-corrected chi connectivity index (χ1v) is 9.88. The van der Waals surface area contributed by atoms with E-state index in [1.54, 1.807) is 26.3 Å². The molecule has 0 bridgehead atoms. The highest BCUT2D eigenvalue weighted by Crippen LogP contribution is 2.30. The number of pyridine rings is 1. The van der Waals surface area contributed by atoms with Gasteiger partial charge in [0.05, 0.1) is 12.8 Å². The Labute approximate surface area is 179 Å². The van der Waals surface area contributed by atoms with E-state index in [2.05, 4.69) is 25.5 Å². The number of nitrogens with one attached hydrogen (secondary N) is 2. The molecule has 0 spiro atoms. The monoisotopic (exact) mass is 437 g/mol. The number of benzene rings is 1. The lowest BCUT2D eigenvalue weighted by atomic mass is 10.2. The summed E-state index contributed by atoms with van der Waals surface area (Å²) in [6, 6.07) is 11.3. The Balaban J connectivity index is 1.55. The third-order valence-electron chi connectivity index (χ3n) is 4.85. The number of halogens is 3. The number of para-hydroxylation sites is 2. The lowest BCUT2D eigenvalue weighted by Gasteiger charge is -2.22. The van der Waals surface area contributed by atoms with E-state index in [0.29, 0.717) is 11.5 Å². The first-order chi connectivity index (χ1) is 14.9. The van der Waals surface area contributed by atoms with Gasteiger partial charge in [0, 0.05) is 44.5 Å². The highest BCUT2D eigenvalue weighted by Gasteiger charge is 2.29. The number of hydrogen-bond acceptors (Lipinski definition) is 5. The van der Waals surface area contributed by atoms with Gasteiger partial charge in [-0.1, -0.05) is 18.2 Å². The maximum Gasteiger partial charge on any atom is 0.422 e. The number of methoxy groups -OCH3 is 1. The van der Waals surface area contributed by atoms with E-state index in [9.17, 15) is 13.2 Å². The molecule has 1 aliphatic rings. The van der Waals surface area contributed by atoms with Crippen LogP contribution in [0.4, 0.5) is 18.9 Å². The van der Waals surface area contributed by atoms with E-state index in [-0.39, 0.29) is 18.5 Å². The summed E-state index contributed by atoms with van der Waals surface area (Å²) >= 11 is 0. The van der Waals surface area contributed by atoms with Crippen molar-refractivity contribution in [3.8, 4) is 11.6 Å². The molecule has 1 atom stereocenters. The van der Waals surface area contributed by atoms with Gasteiger partial charge in [0.15, 0.2) is 12.6 Å². The molecule has 0 amide bonds. The fraction of sp³-hybridized carbons (Fsp3) is 0.429. The summed E-state index contributed by atoms with van der Waals surface area (Å²) in [6.45, 7) is 0.482. The summed E-state index contributed by atoms with van der Waals surface area (Å²) in [6.07, 6.45) is -2.12. The van der Waals surface area contributed by atoms with Gasteiger partial charge in [0.25, 0.3) is 0 Å². The molecule has 168 valence electrons. The Bertz CT molecular complexity index is 891. The first kappa shape index (κ1) is 22.5. The van der Waals surface area contributed by atoms with Crippen molar-refractivity contribution in [2.75, 3.05) is 38.8 Å². The van der Waals surface area contributed by atoms with Crippen LogP contribution in [0.3, 0.4) is 0 Å². The van der Waals surface area contributed by atoms with Gasteiger partial charge in [0.1, 0.15) is 5.75 Å². The SMILES string of the molecule is CN=C(NCc1cccnc1OCC(F)(F)F)NC1CCN(c2ccccc2OC)C1. The third kappa shape index (κ3) is 6.40. The van der Waals surface area contributed by atoms with E-state index in [1.807, 2.05) is 24.3 Å². The van der Waals surface area contributed by atoms with Crippen LogP contribution < -0.4 is 25.0 Å². The van der Waals surface area contributed by atoms with Crippen molar-refractivity contribution in [3.05, 3.63) is 48.2 Å². The molecule has 3 rings (SSSR count). The van der Waals surface area contributed by atoms with E-state index >= 15 is 0 Å². The summed E-state index contributed by atoms with van der Waals surface area (Å²) in [5, 5.41) is 6.49. The molecule has 7 nitrogen and oxygen atoms in total. The molecule has 1 unspecified atom stereocenters. The largest absolute Gasteiger partial charge is 0.495 e. The molecule has 1 aliphatic heterocycles. The Morgan fingerprint density at radius 2 is 2.06 bits per heavy atom. The van der Waals surface area contributed by atoms with Gasteiger partial charge in [-0.2, -0.15) is 13.2 Å². The maximum absolute atomic E-state index is 12.5. The zero-order valence-electron chi connectivity index (χ0n) is 17.4. The number of aliphatic imine (C=N–C) groups is 1. The Kier molecular flexibility index (Phi) is 7.43. The van der Waals surface area contributed by atoms with Gasteiger partial charge in [-0.15, -0.1) is 0 Å². The highest BCUT2D eigenvalue weighted by atomic mass is 19.4. The number of aromatic nitrogens is 1. The van der Waals surface area contributed by atoms with Crippen LogP contribution in [-0.4, -0.2) is 57.0 Å². The summed E-state index contributed by atoms with van der Waals surface area (Å²) in [5.41, 5.74) is 1.55. The quantitative estimate of drug-likeness (QED) is 0.513. The molecule has 2 heterocycles. The van der Waals surface area contributed by atoms with Crippen molar-refractivity contribution >= 4 is 11.6 Å². The molecule has 0 radical (unpaired) electrons. The van der Waals surface area contributed by atoms with Crippen LogP contribution >= 0.6 is 0 Å². The van der Waals surface area contributed by atoms with Gasteiger partial charge in [-0.25, -0.2) is 4.98 Å². The molecule has 2 N–H and O–H groups in total. The topological polar surface area (TPSA) is 71.0 Å². The zero-order chi connectivity index (χ0) is 22.3. The van der Waals surface area contributed by atoms with Crippen LogP contribution in [0, 0.1) is 0 Å². The Morgan fingerprint density at radius 3 is 2.81 bits per heavy atom. The molecule has 31 heavy (non-hydrogen) atoms. The number of nitrogens with zero attached hydrogens (tertiary/aromatic N) is 3. The lowest BCUT2D eigenvalue weighted by molar-refractivity contribution is -0.154.